The molecule has 0 heterocycles. The van der Waals surface area contributed by atoms with Crippen LogP contribution in [-0.4, -0.2) is 67.3 Å². The van der Waals surface area contributed by atoms with E-state index in [0.29, 0.717) is 0 Å². The van der Waals surface area contributed by atoms with E-state index in [0.717, 1.165) is 0 Å². The van der Waals surface area contributed by atoms with E-state index in [4.69, 9.17) is 31.9 Å². The van der Waals surface area contributed by atoms with Gasteiger partial charge in [0.25, 0.3) is 11.9 Å². The normalized spacial score (nSPS) is 10.8. The molecule has 12 nitrogen and oxygen atoms in total. The third-order valence-corrected chi connectivity index (χ3v) is 1.35. The van der Waals surface area contributed by atoms with Gasteiger partial charge in [0.2, 0.25) is 0 Å². The number of carboxylic acids is 4. The van der Waals surface area contributed by atoms with E-state index in [2.05, 4.69) is 0 Å². The van der Waals surface area contributed by atoms with Crippen molar-refractivity contribution in [3.8, 4) is 0 Å². The summed E-state index contributed by atoms with van der Waals surface area (Å²) in [7, 11) is 0. The van der Waals surface area contributed by atoms with Gasteiger partial charge >= 0.3 is 29.0 Å². The summed E-state index contributed by atoms with van der Waals surface area (Å²) < 4.78 is 0. The molecule has 10 N–H and O–H groups in total. The topological polar surface area (TPSA) is 260 Å². The first kappa shape index (κ1) is 31.6. The number of hydrogen-bond donors (Lipinski definition) is 4. The molecule has 0 aromatic heterocycles. The minimum Gasteiger partial charge on any atom is -0.665 e. The van der Waals surface area contributed by atoms with Crippen LogP contribution in [0.25, 0.3) is 11.5 Å². The molecule has 21 heavy (non-hydrogen) atoms. The molecule has 13 heteroatoms. The average Bonchev–Trinajstić information content (AvgIpc) is 2.16. The van der Waals surface area contributed by atoms with Crippen LogP contribution in [0.5, 0.6) is 0 Å². The summed E-state index contributed by atoms with van der Waals surface area (Å²) in [5.74, 6) is -5.34. The van der Waals surface area contributed by atoms with Gasteiger partial charge in [-0.05, 0) is 12.1 Å². The molecule has 0 rings (SSSR count). The second kappa shape index (κ2) is 16.3. The molecule has 0 spiro atoms. The third kappa shape index (κ3) is 23.7. The van der Waals surface area contributed by atoms with E-state index >= 15 is 0 Å². The van der Waals surface area contributed by atoms with Crippen molar-refractivity contribution in [2.75, 3.05) is 0 Å². The zero-order valence-corrected chi connectivity index (χ0v) is 11.5. The number of carbonyl (C=O) groups is 4. The van der Waals surface area contributed by atoms with E-state index < -0.39 is 48.8 Å². The Bertz CT molecular complexity index is 305. The number of rotatable bonds is 6. The average molecular weight is 355 g/mol. The van der Waals surface area contributed by atoms with Crippen LogP contribution in [-0.2, 0) is 36.2 Å². The van der Waals surface area contributed by atoms with Gasteiger partial charge in [0.15, 0.2) is 0 Å². The molecule has 0 saturated heterocycles. The van der Waals surface area contributed by atoms with Crippen molar-refractivity contribution in [2.24, 2.45) is 0 Å². The zero-order chi connectivity index (χ0) is 14.9. The van der Waals surface area contributed by atoms with Crippen molar-refractivity contribution < 1.29 is 67.6 Å². The van der Waals surface area contributed by atoms with Crippen LogP contribution < -0.4 is 0 Å². The van der Waals surface area contributed by atoms with E-state index in [1.807, 2.05) is 0 Å². The monoisotopic (exact) mass is 355 g/mol. The Labute approximate surface area is 128 Å². The minimum absolute atomic E-state index is 0. The molecule has 0 bridgehead atoms. The fourth-order valence-corrected chi connectivity index (χ4v) is 0.524. The van der Waals surface area contributed by atoms with E-state index in [-0.39, 0.29) is 28.0 Å². The smallest absolute Gasteiger partial charge is 0.665 e. The molecule has 0 aliphatic rings. The van der Waals surface area contributed by atoms with Gasteiger partial charge in [-0.2, -0.15) is 0 Å². The molecule has 0 saturated carbocycles. The van der Waals surface area contributed by atoms with Gasteiger partial charge in [0.05, 0.1) is 0 Å². The van der Waals surface area contributed by atoms with Crippen molar-refractivity contribution in [2.45, 2.75) is 24.9 Å². The van der Waals surface area contributed by atoms with Crippen LogP contribution in [0.3, 0.4) is 0 Å². The van der Waals surface area contributed by atoms with Crippen molar-refractivity contribution in [1.82, 2.24) is 0 Å². The Hall–Kier alpha value is -1.76. The van der Waals surface area contributed by atoms with Crippen LogP contribution in [0.4, 0.5) is 0 Å². The summed E-state index contributed by atoms with van der Waals surface area (Å²) in [6, 6.07) is -3.08. The number of carboxylic acid groups (broad SMARTS) is 4. The van der Waals surface area contributed by atoms with Crippen molar-refractivity contribution in [1.29, 1.82) is 0 Å². The first-order chi connectivity index (χ1) is 8.07. The summed E-state index contributed by atoms with van der Waals surface area (Å²) in [4.78, 5) is 39.0. The van der Waals surface area contributed by atoms with Gasteiger partial charge in [-0.25, -0.2) is 0 Å². The Morgan fingerprint density at radius 1 is 0.714 bits per heavy atom. The minimum atomic E-state index is -1.54. The molecule has 0 unspecified atom stereocenters. The zero-order valence-electron chi connectivity index (χ0n) is 10.4. The molecule has 2 atom stereocenters. The maximum Gasteiger partial charge on any atom is 2.00 e. The SMILES string of the molecule is O.O.[Mn+2].[NH-][C@@H](CC(=O)O)C(=O)O.[NH-][C@@H](CC(=O)O)C(=O)O. The summed E-state index contributed by atoms with van der Waals surface area (Å²) in [6.45, 7) is 0. The van der Waals surface area contributed by atoms with Gasteiger partial charge in [-0.1, -0.05) is 0 Å². The van der Waals surface area contributed by atoms with Gasteiger partial charge in [0.1, 0.15) is 0 Å². The molecule has 1 radical (unpaired) electrons. The third-order valence-electron chi connectivity index (χ3n) is 1.35. The Kier molecular flexibility index (Phi) is 24.5. The molecular formula is C8H16MnN2O10. The molecule has 0 aliphatic heterocycles. The maximum absolute atomic E-state index is 9.78. The second-order valence-electron chi connectivity index (χ2n) is 2.98. The first-order valence-corrected chi connectivity index (χ1v) is 4.39. The molecular weight excluding hydrogens is 339 g/mol. The van der Waals surface area contributed by atoms with Gasteiger partial charge in [-0.3, -0.25) is 19.2 Å². The van der Waals surface area contributed by atoms with Crippen LogP contribution in [0.2, 0.25) is 0 Å². The van der Waals surface area contributed by atoms with Crippen molar-refractivity contribution >= 4 is 23.9 Å². The van der Waals surface area contributed by atoms with Crippen molar-refractivity contribution in [3.05, 3.63) is 11.5 Å². The largest absolute Gasteiger partial charge is 2.00 e. The molecule has 125 valence electrons. The predicted molar refractivity (Wildman–Crippen MR) is 63.2 cm³/mol. The van der Waals surface area contributed by atoms with Gasteiger partial charge < -0.3 is 42.8 Å². The van der Waals surface area contributed by atoms with E-state index in [1.54, 1.807) is 0 Å². The van der Waals surface area contributed by atoms with E-state index in [9.17, 15) is 19.2 Å². The molecule has 0 fully saturated rings. The molecule has 0 aromatic rings. The fourth-order valence-electron chi connectivity index (χ4n) is 0.524. The molecule has 0 aliphatic carbocycles. The summed E-state index contributed by atoms with van der Waals surface area (Å²) >= 11 is 0. The van der Waals surface area contributed by atoms with Crippen LogP contribution >= 0.6 is 0 Å². The summed E-state index contributed by atoms with van der Waals surface area (Å²) in [5.41, 5.74) is 13.2. The maximum atomic E-state index is 9.78. The Balaban J connectivity index is -0.0000000711. The first-order valence-electron chi connectivity index (χ1n) is 4.39. The number of aliphatic carboxylic acids is 4. The standard InChI is InChI=1S/2C4H6NO4.Mn.2H2O/c2*5-2(4(8)9)1-3(6)7;;;/h2*2,5H,1H2,(H,6,7)(H,8,9);;2*1H2/q2*-1;+2;;/t2*2-;;;/m00.../s1. The van der Waals surface area contributed by atoms with Crippen LogP contribution in [0.1, 0.15) is 12.8 Å². The Morgan fingerprint density at radius 2 is 0.905 bits per heavy atom. The van der Waals surface area contributed by atoms with Gasteiger partial charge in [0, 0.05) is 12.8 Å². The summed E-state index contributed by atoms with van der Waals surface area (Å²) in [6.07, 6.45) is -1.29. The fraction of sp³-hybridized carbons (Fsp3) is 0.500. The van der Waals surface area contributed by atoms with Crippen LogP contribution in [0, 0.1) is 0 Å². The predicted octanol–water partition coefficient (Wildman–Crippen LogP) is -1.72. The van der Waals surface area contributed by atoms with E-state index in [1.165, 1.54) is 0 Å². The second-order valence-corrected chi connectivity index (χ2v) is 2.98. The number of nitrogens with one attached hydrogen (secondary N) is 2. The number of hydrogen-bond acceptors (Lipinski definition) is 4. The summed E-state index contributed by atoms with van der Waals surface area (Å²) in [5, 5.41) is 31.9. The molecule has 0 aromatic carbocycles. The quantitative estimate of drug-likeness (QED) is 0.397. The Morgan fingerprint density at radius 3 is 0.952 bits per heavy atom. The van der Waals surface area contributed by atoms with Crippen LogP contribution in [0.15, 0.2) is 0 Å². The van der Waals surface area contributed by atoms with Crippen molar-refractivity contribution in [3.63, 3.8) is 0 Å². The molecule has 0 amide bonds. The van der Waals surface area contributed by atoms with Gasteiger partial charge in [-0.15, -0.1) is 0 Å².